The van der Waals surface area contributed by atoms with Crippen molar-refractivity contribution in [3.05, 3.63) is 29.6 Å². The molecule has 1 aromatic rings. The minimum atomic E-state index is -0.778. The first kappa shape index (κ1) is 11.0. The number of aliphatic hydroxyl groups excluding tert-OH is 1. The zero-order valence-electron chi connectivity index (χ0n) is 8.79. The zero-order chi connectivity index (χ0) is 10.7. The number of hydrogen-bond donors (Lipinski definition) is 1. The molecule has 0 spiro atoms. The molecule has 3 heteroatoms. The van der Waals surface area contributed by atoms with E-state index in [1.807, 2.05) is 24.9 Å². The van der Waals surface area contributed by atoms with Crippen LogP contribution in [0.4, 0.5) is 10.1 Å². The summed E-state index contributed by atoms with van der Waals surface area (Å²) in [5.41, 5.74) is 1.12. The highest BCUT2D eigenvalue weighted by molar-refractivity contribution is 5.54. The fourth-order valence-electron chi connectivity index (χ4n) is 1.44. The van der Waals surface area contributed by atoms with E-state index in [2.05, 4.69) is 0 Å². The third-order valence-electron chi connectivity index (χ3n) is 2.33. The molecule has 0 radical (unpaired) electrons. The van der Waals surface area contributed by atoms with Crippen LogP contribution in [0.25, 0.3) is 0 Å². The first-order chi connectivity index (χ1) is 6.57. The van der Waals surface area contributed by atoms with Gasteiger partial charge in [-0.15, -0.1) is 0 Å². The molecule has 0 bridgehead atoms. The lowest BCUT2D eigenvalue weighted by Gasteiger charge is -2.22. The van der Waals surface area contributed by atoms with Crippen molar-refractivity contribution in [3.63, 3.8) is 0 Å². The van der Waals surface area contributed by atoms with Crippen LogP contribution in [0.3, 0.4) is 0 Å². The fraction of sp³-hybridized carbons (Fsp3) is 0.455. The Morgan fingerprint density at radius 2 is 2.14 bits per heavy atom. The van der Waals surface area contributed by atoms with Gasteiger partial charge in [-0.1, -0.05) is 6.07 Å². The molecule has 2 nitrogen and oxygen atoms in total. The van der Waals surface area contributed by atoms with Crippen LogP contribution in [-0.2, 0) is 0 Å². The van der Waals surface area contributed by atoms with Crippen LogP contribution in [0.2, 0.25) is 0 Å². The molecule has 1 N–H and O–H groups in total. The van der Waals surface area contributed by atoms with Crippen LogP contribution in [-0.4, -0.2) is 18.7 Å². The quantitative estimate of drug-likeness (QED) is 0.804. The van der Waals surface area contributed by atoms with E-state index in [1.54, 1.807) is 13.0 Å². The molecule has 0 aromatic heterocycles. The molecule has 0 heterocycles. The number of aliphatic hydroxyl groups is 1. The predicted molar refractivity (Wildman–Crippen MR) is 56.0 cm³/mol. The van der Waals surface area contributed by atoms with Crippen LogP contribution in [0.15, 0.2) is 18.2 Å². The van der Waals surface area contributed by atoms with Crippen LogP contribution in [0.5, 0.6) is 0 Å². The number of rotatable bonds is 3. The molecule has 0 saturated carbocycles. The lowest BCUT2D eigenvalue weighted by atomic mass is 10.1. The molecule has 0 amide bonds. The maximum Gasteiger partial charge on any atom is 0.131 e. The molecule has 0 aliphatic carbocycles. The highest BCUT2D eigenvalue weighted by Gasteiger charge is 2.14. The van der Waals surface area contributed by atoms with E-state index in [0.29, 0.717) is 5.56 Å². The van der Waals surface area contributed by atoms with E-state index in [-0.39, 0.29) is 5.82 Å². The van der Waals surface area contributed by atoms with Crippen LogP contribution in [0.1, 0.15) is 25.5 Å². The van der Waals surface area contributed by atoms with Gasteiger partial charge in [0.15, 0.2) is 0 Å². The van der Waals surface area contributed by atoms with Gasteiger partial charge in [0.05, 0.1) is 6.10 Å². The molecule has 0 saturated heterocycles. The van der Waals surface area contributed by atoms with Crippen molar-refractivity contribution in [1.82, 2.24) is 0 Å². The maximum atomic E-state index is 13.4. The summed E-state index contributed by atoms with van der Waals surface area (Å²) in [6.07, 6.45) is -0.778. The monoisotopic (exact) mass is 197 g/mol. The summed E-state index contributed by atoms with van der Waals surface area (Å²) in [4.78, 5) is 1.91. The molecule has 14 heavy (non-hydrogen) atoms. The molecule has 78 valence electrons. The fourth-order valence-corrected chi connectivity index (χ4v) is 1.44. The lowest BCUT2D eigenvalue weighted by Crippen LogP contribution is -2.18. The molecule has 1 unspecified atom stereocenters. The summed E-state index contributed by atoms with van der Waals surface area (Å²) in [5.74, 6) is -0.349. The van der Waals surface area contributed by atoms with E-state index in [0.717, 1.165) is 12.2 Å². The Morgan fingerprint density at radius 3 is 2.64 bits per heavy atom. The second-order valence-electron chi connectivity index (χ2n) is 3.36. The standard InChI is InChI=1S/C11H16FNO/c1-4-13(3)10-7-5-6-9(12)11(10)8(2)14/h5-8,14H,4H2,1-3H3. The molecule has 1 rings (SSSR count). The van der Waals surface area contributed by atoms with Crippen LogP contribution in [0, 0.1) is 5.82 Å². The van der Waals surface area contributed by atoms with Gasteiger partial charge in [0.1, 0.15) is 5.82 Å². The summed E-state index contributed by atoms with van der Waals surface area (Å²) in [7, 11) is 1.88. The van der Waals surface area contributed by atoms with Gasteiger partial charge in [-0.05, 0) is 26.0 Å². The Hall–Kier alpha value is -1.09. The van der Waals surface area contributed by atoms with Gasteiger partial charge in [0.25, 0.3) is 0 Å². The Labute approximate surface area is 84.0 Å². The Kier molecular flexibility index (Phi) is 3.47. The third-order valence-corrected chi connectivity index (χ3v) is 2.33. The topological polar surface area (TPSA) is 23.5 Å². The largest absolute Gasteiger partial charge is 0.389 e. The lowest BCUT2D eigenvalue weighted by molar-refractivity contribution is 0.194. The maximum absolute atomic E-state index is 13.4. The average Bonchev–Trinajstić information content (AvgIpc) is 2.15. The minimum Gasteiger partial charge on any atom is -0.389 e. The first-order valence-electron chi connectivity index (χ1n) is 4.75. The van der Waals surface area contributed by atoms with Crippen LogP contribution >= 0.6 is 0 Å². The second-order valence-corrected chi connectivity index (χ2v) is 3.36. The SMILES string of the molecule is CCN(C)c1cccc(F)c1C(C)O. The van der Waals surface area contributed by atoms with Crippen molar-refractivity contribution >= 4 is 5.69 Å². The van der Waals surface area contributed by atoms with E-state index in [9.17, 15) is 9.50 Å². The summed E-state index contributed by atoms with van der Waals surface area (Å²) >= 11 is 0. The molecule has 1 aromatic carbocycles. The van der Waals surface area contributed by atoms with Crippen molar-refractivity contribution < 1.29 is 9.50 Å². The van der Waals surface area contributed by atoms with Crippen molar-refractivity contribution in [2.45, 2.75) is 20.0 Å². The van der Waals surface area contributed by atoms with Gasteiger partial charge >= 0.3 is 0 Å². The van der Waals surface area contributed by atoms with Crippen molar-refractivity contribution in [2.24, 2.45) is 0 Å². The molecular weight excluding hydrogens is 181 g/mol. The smallest absolute Gasteiger partial charge is 0.131 e. The van der Waals surface area contributed by atoms with Gasteiger partial charge in [0.2, 0.25) is 0 Å². The van der Waals surface area contributed by atoms with Gasteiger partial charge in [-0.3, -0.25) is 0 Å². The molecule has 0 aliphatic rings. The summed E-state index contributed by atoms with van der Waals surface area (Å²) in [6.45, 7) is 4.34. The van der Waals surface area contributed by atoms with E-state index in [1.165, 1.54) is 6.07 Å². The first-order valence-corrected chi connectivity index (χ1v) is 4.75. The number of hydrogen-bond acceptors (Lipinski definition) is 2. The van der Waals surface area contributed by atoms with Crippen molar-refractivity contribution in [2.75, 3.05) is 18.5 Å². The third kappa shape index (κ3) is 2.04. The van der Waals surface area contributed by atoms with Gasteiger partial charge < -0.3 is 10.0 Å². The van der Waals surface area contributed by atoms with Gasteiger partial charge in [-0.2, -0.15) is 0 Å². The van der Waals surface area contributed by atoms with Gasteiger partial charge in [-0.25, -0.2) is 4.39 Å². The van der Waals surface area contributed by atoms with E-state index < -0.39 is 6.10 Å². The number of halogens is 1. The predicted octanol–water partition coefficient (Wildman–Crippen LogP) is 2.34. The number of nitrogens with zero attached hydrogens (tertiary/aromatic N) is 1. The Morgan fingerprint density at radius 1 is 1.50 bits per heavy atom. The Balaban J connectivity index is 3.21. The minimum absolute atomic E-state index is 0.349. The van der Waals surface area contributed by atoms with Crippen molar-refractivity contribution in [1.29, 1.82) is 0 Å². The van der Waals surface area contributed by atoms with Crippen LogP contribution < -0.4 is 4.90 Å². The summed E-state index contributed by atoms with van der Waals surface area (Å²) in [6, 6.07) is 4.84. The van der Waals surface area contributed by atoms with E-state index >= 15 is 0 Å². The summed E-state index contributed by atoms with van der Waals surface area (Å²) in [5, 5.41) is 9.46. The molecule has 0 fully saturated rings. The molecular formula is C11H16FNO. The highest BCUT2D eigenvalue weighted by atomic mass is 19.1. The number of anilines is 1. The molecule has 1 atom stereocenters. The van der Waals surface area contributed by atoms with Crippen molar-refractivity contribution in [3.8, 4) is 0 Å². The zero-order valence-corrected chi connectivity index (χ0v) is 8.79. The van der Waals surface area contributed by atoms with Gasteiger partial charge in [0, 0.05) is 24.8 Å². The summed E-state index contributed by atoms with van der Waals surface area (Å²) < 4.78 is 13.4. The normalized spacial score (nSPS) is 12.6. The number of benzene rings is 1. The second kappa shape index (κ2) is 4.42. The highest BCUT2D eigenvalue weighted by Crippen LogP contribution is 2.27. The Bertz CT molecular complexity index is 312. The molecule has 0 aliphatic heterocycles. The van der Waals surface area contributed by atoms with E-state index in [4.69, 9.17) is 0 Å². The average molecular weight is 197 g/mol.